The van der Waals surface area contributed by atoms with Gasteiger partial charge in [0.15, 0.2) is 0 Å². The summed E-state index contributed by atoms with van der Waals surface area (Å²) in [4.78, 5) is 0. The summed E-state index contributed by atoms with van der Waals surface area (Å²) in [5.41, 5.74) is 9.73. The summed E-state index contributed by atoms with van der Waals surface area (Å²) >= 11 is 0. The molecule has 0 aliphatic heterocycles. The first-order valence-electron chi connectivity index (χ1n) is 5.97. The third-order valence-corrected chi connectivity index (χ3v) is 3.75. The number of hydrogen-bond acceptors (Lipinski definition) is 4. The first-order valence-corrected chi connectivity index (χ1v) is 5.97. The van der Waals surface area contributed by atoms with Crippen molar-refractivity contribution in [3.8, 4) is 0 Å². The van der Waals surface area contributed by atoms with Gasteiger partial charge in [0.1, 0.15) is 5.82 Å². The number of H-pyrrole nitrogens is 1. The maximum absolute atomic E-state index is 5.84. The first kappa shape index (κ1) is 11.4. The predicted octanol–water partition coefficient (Wildman–Crippen LogP) is 1.32. The lowest BCUT2D eigenvalue weighted by atomic mass is 9.78. The molecule has 0 saturated heterocycles. The summed E-state index contributed by atoms with van der Waals surface area (Å²) in [5, 5.41) is 6.72. The van der Waals surface area contributed by atoms with Gasteiger partial charge in [0.2, 0.25) is 0 Å². The largest absolute Gasteiger partial charge is 0.384 e. The fourth-order valence-electron chi connectivity index (χ4n) is 2.65. The number of hydrogen-bond donors (Lipinski definition) is 4. The van der Waals surface area contributed by atoms with Crippen LogP contribution in [0.3, 0.4) is 0 Å². The Labute approximate surface area is 95.9 Å². The zero-order valence-electron chi connectivity index (χ0n) is 9.74. The molecule has 16 heavy (non-hydrogen) atoms. The summed E-state index contributed by atoms with van der Waals surface area (Å²) in [6.45, 7) is 2.31. The molecule has 1 unspecified atom stereocenters. The molecule has 0 bridgehead atoms. The average molecular weight is 223 g/mol. The van der Waals surface area contributed by atoms with E-state index in [2.05, 4.69) is 22.5 Å². The average Bonchev–Trinajstić information content (AvgIpc) is 2.69. The molecule has 1 fully saturated rings. The van der Waals surface area contributed by atoms with Gasteiger partial charge in [-0.05, 0) is 24.7 Å². The molecule has 6 N–H and O–H groups in total. The molecule has 0 radical (unpaired) electrons. The van der Waals surface area contributed by atoms with Gasteiger partial charge in [0.05, 0.1) is 12.2 Å². The van der Waals surface area contributed by atoms with E-state index in [0.717, 1.165) is 11.5 Å². The second kappa shape index (κ2) is 4.84. The monoisotopic (exact) mass is 223 g/mol. The highest BCUT2D eigenvalue weighted by Crippen LogP contribution is 2.37. The number of nitrogens with zero attached hydrogens (tertiary/aromatic N) is 1. The molecule has 2 rings (SSSR count). The third kappa shape index (κ3) is 2.20. The molecule has 0 aromatic carbocycles. The SMILES string of the molecule is CC1CCC(C(NN)c2cn[nH]c2N)CC1. The van der Waals surface area contributed by atoms with Gasteiger partial charge in [-0.2, -0.15) is 5.10 Å². The zero-order chi connectivity index (χ0) is 11.5. The number of nitrogen functional groups attached to an aromatic ring is 1. The van der Waals surface area contributed by atoms with E-state index in [0.29, 0.717) is 11.7 Å². The maximum Gasteiger partial charge on any atom is 0.123 e. The van der Waals surface area contributed by atoms with Crippen LogP contribution in [0.15, 0.2) is 6.20 Å². The van der Waals surface area contributed by atoms with Crippen LogP contribution in [0.1, 0.15) is 44.2 Å². The van der Waals surface area contributed by atoms with Gasteiger partial charge in [0.25, 0.3) is 0 Å². The molecule has 1 aromatic rings. The van der Waals surface area contributed by atoms with Gasteiger partial charge >= 0.3 is 0 Å². The van der Waals surface area contributed by atoms with Gasteiger partial charge in [-0.15, -0.1) is 0 Å². The van der Waals surface area contributed by atoms with Crippen LogP contribution in [0.4, 0.5) is 5.82 Å². The highest BCUT2D eigenvalue weighted by atomic mass is 15.2. The second-order valence-corrected chi connectivity index (χ2v) is 4.90. The van der Waals surface area contributed by atoms with Crippen LogP contribution in [-0.4, -0.2) is 10.2 Å². The molecular formula is C11H21N5. The van der Waals surface area contributed by atoms with Crippen molar-refractivity contribution in [2.24, 2.45) is 17.7 Å². The van der Waals surface area contributed by atoms with Gasteiger partial charge in [-0.25, -0.2) is 0 Å². The standard InChI is InChI=1S/C11H21N5/c1-7-2-4-8(5-3-7)10(15-13)9-6-14-16-11(9)12/h6-8,10,15H,2-5,13H2,1H3,(H3,12,14,16). The van der Waals surface area contributed by atoms with Crippen molar-refractivity contribution in [3.63, 3.8) is 0 Å². The van der Waals surface area contributed by atoms with Crippen molar-refractivity contribution < 1.29 is 0 Å². The van der Waals surface area contributed by atoms with Gasteiger partial charge < -0.3 is 5.73 Å². The summed E-state index contributed by atoms with van der Waals surface area (Å²) in [6, 6.07) is 0.131. The molecule has 0 amide bonds. The van der Waals surface area contributed by atoms with Crippen LogP contribution in [0.5, 0.6) is 0 Å². The Balaban J connectivity index is 2.08. The summed E-state index contributed by atoms with van der Waals surface area (Å²) in [6.07, 6.45) is 6.75. The molecular weight excluding hydrogens is 202 g/mol. The minimum absolute atomic E-state index is 0.131. The third-order valence-electron chi connectivity index (χ3n) is 3.75. The van der Waals surface area contributed by atoms with Crippen molar-refractivity contribution in [3.05, 3.63) is 11.8 Å². The van der Waals surface area contributed by atoms with E-state index >= 15 is 0 Å². The Bertz CT molecular complexity index is 327. The van der Waals surface area contributed by atoms with Gasteiger partial charge in [-0.3, -0.25) is 16.4 Å². The molecule has 1 atom stereocenters. The van der Waals surface area contributed by atoms with E-state index in [4.69, 9.17) is 11.6 Å². The lowest BCUT2D eigenvalue weighted by Crippen LogP contribution is -2.35. The normalized spacial score (nSPS) is 27.9. The highest BCUT2D eigenvalue weighted by molar-refractivity contribution is 5.39. The number of hydrazine groups is 1. The zero-order valence-corrected chi connectivity index (χ0v) is 9.74. The molecule has 1 aromatic heterocycles. The summed E-state index contributed by atoms with van der Waals surface area (Å²) in [5.74, 6) is 7.69. The minimum Gasteiger partial charge on any atom is -0.384 e. The Hall–Kier alpha value is -1.07. The van der Waals surface area contributed by atoms with E-state index < -0.39 is 0 Å². The van der Waals surface area contributed by atoms with Crippen molar-refractivity contribution in [2.45, 2.75) is 38.6 Å². The lowest BCUT2D eigenvalue weighted by Gasteiger charge is -2.32. The number of nitrogens with one attached hydrogen (secondary N) is 2. The first-order chi connectivity index (χ1) is 7.72. The number of rotatable bonds is 3. The quantitative estimate of drug-likeness (QED) is 0.459. The Morgan fingerprint density at radius 2 is 2.12 bits per heavy atom. The van der Waals surface area contributed by atoms with Crippen LogP contribution in [0.25, 0.3) is 0 Å². The Kier molecular flexibility index (Phi) is 3.46. The molecule has 1 saturated carbocycles. The van der Waals surface area contributed by atoms with Crippen LogP contribution >= 0.6 is 0 Å². The van der Waals surface area contributed by atoms with Crippen molar-refractivity contribution >= 4 is 5.82 Å². The van der Waals surface area contributed by atoms with E-state index in [1.807, 2.05) is 0 Å². The Morgan fingerprint density at radius 3 is 2.62 bits per heavy atom. The molecule has 5 nitrogen and oxygen atoms in total. The van der Waals surface area contributed by atoms with Crippen LogP contribution in [0.2, 0.25) is 0 Å². The highest BCUT2D eigenvalue weighted by Gasteiger charge is 2.28. The Morgan fingerprint density at radius 1 is 1.44 bits per heavy atom. The summed E-state index contributed by atoms with van der Waals surface area (Å²) < 4.78 is 0. The predicted molar refractivity (Wildman–Crippen MR) is 64.2 cm³/mol. The smallest absolute Gasteiger partial charge is 0.123 e. The molecule has 1 aliphatic rings. The van der Waals surface area contributed by atoms with Gasteiger partial charge in [0, 0.05) is 5.56 Å². The number of aromatic amines is 1. The molecule has 5 heteroatoms. The van der Waals surface area contributed by atoms with E-state index in [-0.39, 0.29) is 6.04 Å². The lowest BCUT2D eigenvalue weighted by molar-refractivity contribution is 0.233. The van der Waals surface area contributed by atoms with Crippen molar-refractivity contribution in [1.29, 1.82) is 0 Å². The molecule has 90 valence electrons. The number of aromatic nitrogens is 2. The minimum atomic E-state index is 0.131. The molecule has 1 heterocycles. The van der Waals surface area contributed by atoms with Crippen molar-refractivity contribution in [1.82, 2.24) is 15.6 Å². The maximum atomic E-state index is 5.84. The van der Waals surface area contributed by atoms with E-state index in [9.17, 15) is 0 Å². The van der Waals surface area contributed by atoms with Crippen LogP contribution in [0, 0.1) is 11.8 Å². The topological polar surface area (TPSA) is 92.7 Å². The summed E-state index contributed by atoms with van der Waals surface area (Å²) in [7, 11) is 0. The van der Waals surface area contributed by atoms with E-state index in [1.54, 1.807) is 6.20 Å². The molecule has 0 spiro atoms. The molecule has 1 aliphatic carbocycles. The fraction of sp³-hybridized carbons (Fsp3) is 0.727. The fourth-order valence-corrected chi connectivity index (χ4v) is 2.65. The van der Waals surface area contributed by atoms with Crippen LogP contribution < -0.4 is 17.0 Å². The van der Waals surface area contributed by atoms with Gasteiger partial charge in [-0.1, -0.05) is 19.8 Å². The van der Waals surface area contributed by atoms with E-state index in [1.165, 1.54) is 25.7 Å². The number of nitrogens with two attached hydrogens (primary N) is 2. The van der Waals surface area contributed by atoms with Crippen LogP contribution in [-0.2, 0) is 0 Å². The second-order valence-electron chi connectivity index (χ2n) is 4.90. The number of anilines is 1. The van der Waals surface area contributed by atoms with Crippen molar-refractivity contribution in [2.75, 3.05) is 5.73 Å².